The van der Waals surface area contributed by atoms with Gasteiger partial charge in [0.1, 0.15) is 5.01 Å². The summed E-state index contributed by atoms with van der Waals surface area (Å²) in [6, 6.07) is 9.04. The molecule has 0 aliphatic heterocycles. The molecule has 0 amide bonds. The van der Waals surface area contributed by atoms with Crippen molar-refractivity contribution in [2.75, 3.05) is 6.54 Å². The Hall–Kier alpha value is -1.23. The van der Waals surface area contributed by atoms with Crippen molar-refractivity contribution in [1.29, 1.82) is 0 Å². The fourth-order valence-corrected chi connectivity index (χ4v) is 3.37. The van der Waals surface area contributed by atoms with E-state index in [1.165, 1.54) is 21.0 Å². The van der Waals surface area contributed by atoms with Crippen molar-refractivity contribution in [2.24, 2.45) is 5.73 Å². The molecule has 1 aromatic carbocycles. The molecule has 3 N–H and O–H groups in total. The van der Waals surface area contributed by atoms with E-state index in [9.17, 15) is 0 Å². The van der Waals surface area contributed by atoms with Crippen molar-refractivity contribution < 1.29 is 0 Å². The first kappa shape index (κ1) is 16.1. The van der Waals surface area contributed by atoms with Crippen molar-refractivity contribution in [3.05, 3.63) is 51.0 Å². The molecule has 0 radical (unpaired) electrons. The average Bonchev–Trinajstić information content (AvgIpc) is 2.81. The second kappa shape index (κ2) is 7.69. The standard InChI is InChI=1S/C17H25N3S/c1-4-16(17-20-12(2)13(3)21-17)19-11-15-7-5-14(6-8-15)9-10-18/h5-8,16,19H,4,9-11,18H2,1-3H3. The van der Waals surface area contributed by atoms with E-state index in [0.29, 0.717) is 12.6 Å². The van der Waals surface area contributed by atoms with Crippen LogP contribution in [-0.2, 0) is 13.0 Å². The van der Waals surface area contributed by atoms with Crippen LogP contribution < -0.4 is 11.1 Å². The fourth-order valence-electron chi connectivity index (χ4n) is 2.28. The zero-order valence-corrected chi connectivity index (χ0v) is 14.0. The maximum atomic E-state index is 5.58. The van der Waals surface area contributed by atoms with E-state index in [1.807, 2.05) is 0 Å². The van der Waals surface area contributed by atoms with Crippen LogP contribution in [0.1, 0.15) is 46.1 Å². The van der Waals surface area contributed by atoms with E-state index >= 15 is 0 Å². The summed E-state index contributed by atoms with van der Waals surface area (Å²) in [6.07, 6.45) is 2.00. The Kier molecular flexibility index (Phi) is 5.91. The number of aryl methyl sites for hydroxylation is 2. The number of rotatable bonds is 7. The summed E-state index contributed by atoms with van der Waals surface area (Å²) in [5.41, 5.74) is 9.34. The van der Waals surface area contributed by atoms with Gasteiger partial charge in [0.2, 0.25) is 0 Å². The SMILES string of the molecule is CCC(NCc1ccc(CCN)cc1)c1nc(C)c(C)s1. The quantitative estimate of drug-likeness (QED) is 0.823. The summed E-state index contributed by atoms with van der Waals surface area (Å²) in [5.74, 6) is 0. The number of thiazole rings is 1. The zero-order chi connectivity index (χ0) is 15.2. The van der Waals surface area contributed by atoms with Gasteiger partial charge in [0.25, 0.3) is 0 Å². The Bertz CT molecular complexity index is 540. The summed E-state index contributed by atoms with van der Waals surface area (Å²) in [4.78, 5) is 5.99. The molecule has 1 aromatic heterocycles. The number of aromatic nitrogens is 1. The average molecular weight is 303 g/mol. The molecular formula is C17H25N3S. The lowest BCUT2D eigenvalue weighted by molar-refractivity contribution is 0.516. The lowest BCUT2D eigenvalue weighted by atomic mass is 10.1. The number of nitrogens with zero attached hydrogens (tertiary/aromatic N) is 1. The van der Waals surface area contributed by atoms with Gasteiger partial charge >= 0.3 is 0 Å². The van der Waals surface area contributed by atoms with Crippen molar-refractivity contribution in [3.63, 3.8) is 0 Å². The molecule has 0 saturated carbocycles. The maximum Gasteiger partial charge on any atom is 0.110 e. The number of nitrogens with two attached hydrogens (primary N) is 1. The summed E-state index contributed by atoms with van der Waals surface area (Å²) >= 11 is 1.80. The molecule has 4 heteroatoms. The molecule has 0 saturated heterocycles. The van der Waals surface area contributed by atoms with Crippen LogP contribution in [0.2, 0.25) is 0 Å². The molecule has 0 aliphatic rings. The maximum absolute atomic E-state index is 5.58. The van der Waals surface area contributed by atoms with Crippen LogP contribution in [0.4, 0.5) is 0 Å². The first-order valence-corrected chi connectivity index (χ1v) is 8.40. The second-order valence-corrected chi connectivity index (χ2v) is 6.63. The predicted molar refractivity (Wildman–Crippen MR) is 90.7 cm³/mol. The Morgan fingerprint density at radius 1 is 1.19 bits per heavy atom. The van der Waals surface area contributed by atoms with Crippen LogP contribution >= 0.6 is 11.3 Å². The molecule has 1 atom stereocenters. The smallest absolute Gasteiger partial charge is 0.110 e. The molecule has 21 heavy (non-hydrogen) atoms. The van der Waals surface area contributed by atoms with E-state index in [4.69, 9.17) is 5.73 Å². The highest BCUT2D eigenvalue weighted by Crippen LogP contribution is 2.25. The van der Waals surface area contributed by atoms with Crippen LogP contribution in [0.3, 0.4) is 0 Å². The summed E-state index contributed by atoms with van der Waals surface area (Å²) in [6.45, 7) is 8.00. The van der Waals surface area contributed by atoms with E-state index in [1.54, 1.807) is 11.3 Å². The van der Waals surface area contributed by atoms with Gasteiger partial charge in [-0.05, 0) is 44.4 Å². The summed E-state index contributed by atoms with van der Waals surface area (Å²) in [7, 11) is 0. The van der Waals surface area contributed by atoms with Gasteiger partial charge in [-0.2, -0.15) is 0 Å². The molecule has 3 nitrogen and oxygen atoms in total. The van der Waals surface area contributed by atoms with E-state index in [-0.39, 0.29) is 0 Å². The number of hydrogen-bond acceptors (Lipinski definition) is 4. The van der Waals surface area contributed by atoms with Gasteiger partial charge in [-0.3, -0.25) is 0 Å². The third-order valence-corrected chi connectivity index (χ3v) is 4.95. The molecule has 1 unspecified atom stereocenters. The Morgan fingerprint density at radius 3 is 2.38 bits per heavy atom. The predicted octanol–water partition coefficient (Wildman–Crippen LogP) is 3.50. The summed E-state index contributed by atoms with van der Waals surface area (Å²) < 4.78 is 0. The molecule has 0 spiro atoms. The number of benzene rings is 1. The zero-order valence-electron chi connectivity index (χ0n) is 13.1. The first-order valence-electron chi connectivity index (χ1n) is 7.59. The fraction of sp³-hybridized carbons (Fsp3) is 0.471. The van der Waals surface area contributed by atoms with Gasteiger partial charge in [-0.1, -0.05) is 31.2 Å². The van der Waals surface area contributed by atoms with Crippen molar-refractivity contribution in [1.82, 2.24) is 10.3 Å². The lowest BCUT2D eigenvalue weighted by Crippen LogP contribution is -2.20. The van der Waals surface area contributed by atoms with Crippen LogP contribution in [0.15, 0.2) is 24.3 Å². The monoisotopic (exact) mass is 303 g/mol. The molecule has 1 heterocycles. The molecule has 114 valence electrons. The van der Waals surface area contributed by atoms with E-state index in [2.05, 4.69) is 55.3 Å². The van der Waals surface area contributed by atoms with Crippen molar-refractivity contribution in [3.8, 4) is 0 Å². The van der Waals surface area contributed by atoms with Crippen LogP contribution in [0.25, 0.3) is 0 Å². The molecule has 0 bridgehead atoms. The molecular weight excluding hydrogens is 278 g/mol. The minimum Gasteiger partial charge on any atom is -0.330 e. The normalized spacial score (nSPS) is 12.6. The Labute approximate surface area is 131 Å². The third kappa shape index (κ3) is 4.37. The van der Waals surface area contributed by atoms with Crippen LogP contribution in [0, 0.1) is 13.8 Å². The number of hydrogen-bond donors (Lipinski definition) is 2. The number of nitrogens with one attached hydrogen (secondary N) is 1. The highest BCUT2D eigenvalue weighted by molar-refractivity contribution is 7.11. The van der Waals surface area contributed by atoms with Gasteiger partial charge < -0.3 is 11.1 Å². The van der Waals surface area contributed by atoms with Crippen LogP contribution in [-0.4, -0.2) is 11.5 Å². The minimum atomic E-state index is 0.339. The van der Waals surface area contributed by atoms with Crippen LogP contribution in [0.5, 0.6) is 0 Å². The Morgan fingerprint density at radius 2 is 1.86 bits per heavy atom. The first-order chi connectivity index (χ1) is 10.1. The lowest BCUT2D eigenvalue weighted by Gasteiger charge is -2.14. The minimum absolute atomic E-state index is 0.339. The molecule has 2 aromatic rings. The summed E-state index contributed by atoms with van der Waals surface area (Å²) in [5, 5.41) is 4.82. The second-order valence-electron chi connectivity index (χ2n) is 5.39. The van der Waals surface area contributed by atoms with Gasteiger partial charge in [0.15, 0.2) is 0 Å². The Balaban J connectivity index is 1.96. The highest BCUT2D eigenvalue weighted by atomic mass is 32.1. The van der Waals surface area contributed by atoms with E-state index in [0.717, 1.165) is 25.1 Å². The molecule has 0 fully saturated rings. The van der Waals surface area contributed by atoms with Gasteiger partial charge in [-0.25, -0.2) is 4.98 Å². The third-order valence-electron chi connectivity index (χ3n) is 3.76. The highest BCUT2D eigenvalue weighted by Gasteiger charge is 2.14. The van der Waals surface area contributed by atoms with Gasteiger partial charge in [-0.15, -0.1) is 11.3 Å². The van der Waals surface area contributed by atoms with Crippen molar-refractivity contribution >= 4 is 11.3 Å². The van der Waals surface area contributed by atoms with E-state index < -0.39 is 0 Å². The molecule has 0 aliphatic carbocycles. The van der Waals surface area contributed by atoms with Gasteiger partial charge in [0, 0.05) is 11.4 Å². The van der Waals surface area contributed by atoms with Gasteiger partial charge in [0.05, 0.1) is 11.7 Å². The topological polar surface area (TPSA) is 50.9 Å². The van der Waals surface area contributed by atoms with Crippen molar-refractivity contribution in [2.45, 2.75) is 46.2 Å². The molecule has 2 rings (SSSR count). The largest absolute Gasteiger partial charge is 0.330 e.